The standard InChI is InChI=1S/C12H6S8Te2/c1-2-14-9(13-1)11-17-5-7(19-11)21-22-8-6-18-12(20-8)10-15-3-4-16-10/h1-6H. The van der Waals surface area contributed by atoms with Crippen molar-refractivity contribution in [2.45, 2.75) is 0 Å². The van der Waals surface area contributed by atoms with Gasteiger partial charge in [0.1, 0.15) is 0 Å². The van der Waals surface area contributed by atoms with Crippen LogP contribution in [-0.2, 0) is 0 Å². The molecule has 0 amide bonds. The summed E-state index contributed by atoms with van der Waals surface area (Å²) in [5, 5.41) is 13.6. The summed E-state index contributed by atoms with van der Waals surface area (Å²) in [4.78, 5) is 0. The molecule has 0 fully saturated rings. The Kier molecular flexibility index (Phi) is 7.57. The SMILES string of the molecule is C1=CSC(=C2SC=C([Te][Te]C3=CSC(=C4SC=CS4)S3)S2)S1. The second-order valence-electron chi connectivity index (χ2n) is 3.65. The fourth-order valence-corrected chi connectivity index (χ4v) is 29.3. The number of rotatable bonds is 3. The summed E-state index contributed by atoms with van der Waals surface area (Å²) in [6.45, 7) is 0. The molecule has 0 aromatic heterocycles. The van der Waals surface area contributed by atoms with E-state index in [4.69, 9.17) is 0 Å². The molecular formula is C12H6S8Te2. The summed E-state index contributed by atoms with van der Waals surface area (Å²) >= 11 is 15.6. The average molecular weight is 662 g/mol. The molecule has 10 heteroatoms. The molecule has 22 heavy (non-hydrogen) atoms. The second kappa shape index (κ2) is 9.15. The third-order valence-electron chi connectivity index (χ3n) is 2.26. The number of hydrogen-bond donors (Lipinski definition) is 0. The molecule has 0 saturated heterocycles. The predicted molar refractivity (Wildman–Crippen MR) is 121 cm³/mol. The van der Waals surface area contributed by atoms with Crippen molar-refractivity contribution in [3.8, 4) is 0 Å². The van der Waals surface area contributed by atoms with Crippen molar-refractivity contribution >= 4 is 128 Å². The molecule has 4 rings (SSSR count). The first-order valence-corrected chi connectivity index (χ1v) is 22.3. The van der Waals surface area contributed by atoms with Gasteiger partial charge in [-0.15, -0.1) is 0 Å². The Morgan fingerprint density at radius 3 is 1.32 bits per heavy atom. The van der Waals surface area contributed by atoms with E-state index in [-0.39, 0.29) is 34.1 Å². The van der Waals surface area contributed by atoms with Crippen molar-refractivity contribution < 1.29 is 0 Å². The first-order valence-electron chi connectivity index (χ1n) is 5.77. The molecule has 0 aromatic carbocycles. The minimum absolute atomic E-state index is 0.0467. The summed E-state index contributed by atoms with van der Waals surface area (Å²) in [7, 11) is 0. The van der Waals surface area contributed by atoms with Crippen molar-refractivity contribution in [1.82, 2.24) is 0 Å². The zero-order chi connectivity index (χ0) is 14.8. The maximum absolute atomic E-state index is 2.43. The fourth-order valence-electron chi connectivity index (χ4n) is 1.42. The van der Waals surface area contributed by atoms with Crippen LogP contribution in [0.15, 0.2) is 55.3 Å². The molecule has 4 heterocycles. The molecule has 0 radical (unpaired) electrons. The third kappa shape index (κ3) is 4.75. The summed E-state index contributed by atoms with van der Waals surface area (Å²) in [6.07, 6.45) is 0. The van der Waals surface area contributed by atoms with Gasteiger partial charge in [0.2, 0.25) is 0 Å². The Morgan fingerprint density at radius 1 is 0.500 bits per heavy atom. The molecule has 4 aliphatic heterocycles. The van der Waals surface area contributed by atoms with E-state index in [0.717, 1.165) is 0 Å². The Bertz CT molecular complexity index is 595. The molecule has 0 unspecified atom stereocenters. The van der Waals surface area contributed by atoms with E-state index in [9.17, 15) is 0 Å². The van der Waals surface area contributed by atoms with Gasteiger partial charge >= 0.3 is 184 Å². The van der Waals surface area contributed by atoms with Gasteiger partial charge in [-0.1, -0.05) is 0 Å². The normalized spacial score (nSPS) is 24.0. The van der Waals surface area contributed by atoms with Crippen molar-refractivity contribution in [3.63, 3.8) is 0 Å². The van der Waals surface area contributed by atoms with E-state index in [1.807, 2.05) is 70.6 Å². The Labute approximate surface area is 180 Å². The van der Waals surface area contributed by atoms with Crippen molar-refractivity contribution in [1.29, 1.82) is 0 Å². The van der Waals surface area contributed by atoms with E-state index in [0.29, 0.717) is 0 Å². The van der Waals surface area contributed by atoms with E-state index in [2.05, 4.69) is 56.0 Å². The van der Waals surface area contributed by atoms with Gasteiger partial charge in [-0.25, -0.2) is 0 Å². The van der Waals surface area contributed by atoms with E-state index in [1.54, 1.807) is 5.91 Å². The zero-order valence-electron chi connectivity index (χ0n) is 10.5. The second-order valence-corrected chi connectivity index (χ2v) is 23.7. The number of thioether (sulfide) groups is 8. The summed E-state index contributed by atoms with van der Waals surface area (Å²) < 4.78 is 9.40. The Hall–Kier alpha value is 2.82. The first-order chi connectivity index (χ1) is 10.9. The van der Waals surface area contributed by atoms with Gasteiger partial charge in [-0.2, -0.15) is 0 Å². The number of hydrogen-bond acceptors (Lipinski definition) is 8. The van der Waals surface area contributed by atoms with Crippen LogP contribution in [0.3, 0.4) is 0 Å². The van der Waals surface area contributed by atoms with Crippen LogP contribution in [0.4, 0.5) is 0 Å². The minimum atomic E-state index is 0.0467. The molecule has 0 aliphatic carbocycles. The first kappa shape index (κ1) is 18.2. The van der Waals surface area contributed by atoms with Gasteiger partial charge in [-0.3, -0.25) is 0 Å². The van der Waals surface area contributed by atoms with Crippen LogP contribution in [0.5, 0.6) is 0 Å². The van der Waals surface area contributed by atoms with Crippen molar-refractivity contribution in [2.75, 3.05) is 0 Å². The van der Waals surface area contributed by atoms with E-state index in [1.165, 1.54) is 16.9 Å². The monoisotopic (exact) mass is 666 g/mol. The van der Waals surface area contributed by atoms with Crippen molar-refractivity contribution in [2.24, 2.45) is 0 Å². The van der Waals surface area contributed by atoms with Gasteiger partial charge in [-0.05, 0) is 0 Å². The van der Waals surface area contributed by atoms with Gasteiger partial charge in [0.25, 0.3) is 0 Å². The molecule has 0 N–H and O–H groups in total. The molecule has 0 nitrogen and oxygen atoms in total. The van der Waals surface area contributed by atoms with Crippen LogP contribution >= 0.6 is 94.1 Å². The van der Waals surface area contributed by atoms with Crippen LogP contribution < -0.4 is 0 Å². The quantitative estimate of drug-likeness (QED) is 0.292. The summed E-state index contributed by atoms with van der Waals surface area (Å²) in [6, 6.07) is 0. The topological polar surface area (TPSA) is 0 Å². The van der Waals surface area contributed by atoms with Gasteiger partial charge in [0.05, 0.1) is 0 Å². The molecule has 0 atom stereocenters. The van der Waals surface area contributed by atoms with E-state index < -0.39 is 0 Å². The molecule has 0 spiro atoms. The van der Waals surface area contributed by atoms with Gasteiger partial charge in [0.15, 0.2) is 0 Å². The average Bonchev–Trinajstić information content (AvgIpc) is 3.33. The maximum atomic E-state index is 2.43. The molecule has 4 aliphatic rings. The van der Waals surface area contributed by atoms with Gasteiger partial charge < -0.3 is 0 Å². The van der Waals surface area contributed by atoms with Crippen LogP contribution in [-0.4, -0.2) is 34.1 Å². The molecule has 0 saturated carbocycles. The van der Waals surface area contributed by atoms with E-state index >= 15 is 0 Å². The zero-order valence-corrected chi connectivity index (χ0v) is 21.7. The van der Waals surface area contributed by atoms with Crippen LogP contribution in [0, 0.1) is 0 Å². The predicted octanol–water partition coefficient (Wildman–Crippen LogP) is 7.02. The van der Waals surface area contributed by atoms with Crippen LogP contribution in [0.1, 0.15) is 0 Å². The fraction of sp³-hybridized carbons (Fsp3) is 0. The Balaban J connectivity index is 1.28. The van der Waals surface area contributed by atoms with Crippen LogP contribution in [0.25, 0.3) is 0 Å². The molecule has 0 bridgehead atoms. The summed E-state index contributed by atoms with van der Waals surface area (Å²) in [5.74, 6) is 0. The summed E-state index contributed by atoms with van der Waals surface area (Å²) in [5.41, 5.74) is 0. The molecule has 114 valence electrons. The van der Waals surface area contributed by atoms with Crippen LogP contribution in [0.2, 0.25) is 0 Å². The van der Waals surface area contributed by atoms with Crippen molar-refractivity contribution in [3.05, 3.63) is 55.3 Å². The Morgan fingerprint density at radius 2 is 0.909 bits per heavy atom. The molecule has 0 aromatic rings. The molecular weight excluding hydrogens is 656 g/mol. The van der Waals surface area contributed by atoms with Gasteiger partial charge in [0, 0.05) is 0 Å². The third-order valence-corrected chi connectivity index (χ3v) is 30.1.